The van der Waals surface area contributed by atoms with Gasteiger partial charge in [-0.2, -0.15) is 18.3 Å². The predicted octanol–water partition coefficient (Wildman–Crippen LogP) is 4.57. The number of benzene rings is 3. The SMILES string of the molecule is O=C(N[C@@H](CO)C(=O)Nc1cc(-c2ccccc2)[nH]n1)c1ccccc1Nc1cccc(C(F)(F)F)c1. The van der Waals surface area contributed by atoms with Gasteiger partial charge in [0.15, 0.2) is 5.82 Å². The van der Waals surface area contributed by atoms with Crippen LogP contribution < -0.4 is 16.0 Å². The molecule has 8 nitrogen and oxygen atoms in total. The van der Waals surface area contributed by atoms with Crippen LogP contribution in [0.5, 0.6) is 0 Å². The molecule has 4 rings (SSSR count). The number of amides is 2. The molecule has 0 fully saturated rings. The van der Waals surface area contributed by atoms with E-state index in [0.717, 1.165) is 17.7 Å². The standard InChI is InChI=1S/C26H22F3N5O3/c27-26(28,29)17-9-6-10-18(13-17)30-20-12-5-4-11-19(20)24(36)31-22(15-35)25(37)32-23-14-21(33-34-23)16-7-2-1-3-8-16/h1-14,22,30,35H,15H2,(H,31,36)(H2,32,33,34,37)/t22-/m0/s1. The summed E-state index contributed by atoms with van der Waals surface area (Å²) in [6, 6.07) is 20.3. The van der Waals surface area contributed by atoms with E-state index in [2.05, 4.69) is 26.1 Å². The highest BCUT2D eigenvalue weighted by atomic mass is 19.4. The molecule has 0 bridgehead atoms. The van der Waals surface area contributed by atoms with Crippen molar-refractivity contribution in [2.45, 2.75) is 12.2 Å². The molecule has 0 aliphatic rings. The van der Waals surface area contributed by atoms with Crippen molar-refractivity contribution >= 4 is 29.0 Å². The number of anilines is 3. The number of aromatic amines is 1. The van der Waals surface area contributed by atoms with E-state index in [-0.39, 0.29) is 22.8 Å². The number of carbonyl (C=O) groups is 2. The maximum Gasteiger partial charge on any atom is 0.416 e. The molecule has 0 saturated carbocycles. The number of carbonyl (C=O) groups excluding carboxylic acids is 2. The first kappa shape index (κ1) is 25.5. The van der Waals surface area contributed by atoms with Crippen LogP contribution in [0.2, 0.25) is 0 Å². The third kappa shape index (κ3) is 6.33. The number of nitrogens with zero attached hydrogens (tertiary/aromatic N) is 1. The van der Waals surface area contributed by atoms with Crippen molar-refractivity contribution in [2.75, 3.05) is 17.2 Å². The van der Waals surface area contributed by atoms with Gasteiger partial charge in [0.25, 0.3) is 11.8 Å². The monoisotopic (exact) mass is 509 g/mol. The minimum atomic E-state index is -4.52. The van der Waals surface area contributed by atoms with Crippen LogP contribution in [0.3, 0.4) is 0 Å². The van der Waals surface area contributed by atoms with Gasteiger partial charge in [0.2, 0.25) is 0 Å². The van der Waals surface area contributed by atoms with Crippen molar-refractivity contribution < 1.29 is 27.9 Å². The molecular formula is C26H22F3N5O3. The van der Waals surface area contributed by atoms with Gasteiger partial charge < -0.3 is 21.1 Å². The summed E-state index contributed by atoms with van der Waals surface area (Å²) in [5.74, 6) is -1.22. The van der Waals surface area contributed by atoms with Gasteiger partial charge in [0.1, 0.15) is 6.04 Å². The van der Waals surface area contributed by atoms with Crippen LogP contribution in [-0.2, 0) is 11.0 Å². The molecule has 1 heterocycles. The Balaban J connectivity index is 1.45. The van der Waals surface area contributed by atoms with Crippen molar-refractivity contribution in [3.63, 3.8) is 0 Å². The highest BCUT2D eigenvalue weighted by Gasteiger charge is 2.30. The van der Waals surface area contributed by atoms with E-state index in [1.165, 1.54) is 24.3 Å². The third-order valence-electron chi connectivity index (χ3n) is 5.36. The van der Waals surface area contributed by atoms with Crippen LogP contribution in [0.4, 0.5) is 30.4 Å². The molecule has 2 amide bonds. The number of rotatable bonds is 8. The zero-order valence-electron chi connectivity index (χ0n) is 19.2. The molecule has 190 valence electrons. The Kier molecular flexibility index (Phi) is 7.54. The largest absolute Gasteiger partial charge is 0.416 e. The quantitative estimate of drug-likeness (QED) is 0.239. The molecule has 37 heavy (non-hydrogen) atoms. The Bertz CT molecular complexity index is 1390. The number of para-hydroxylation sites is 1. The van der Waals surface area contributed by atoms with E-state index in [4.69, 9.17) is 0 Å². The molecule has 0 spiro atoms. The summed E-state index contributed by atoms with van der Waals surface area (Å²) in [7, 11) is 0. The number of hydrogen-bond donors (Lipinski definition) is 5. The molecule has 5 N–H and O–H groups in total. The molecule has 0 unspecified atom stereocenters. The lowest BCUT2D eigenvalue weighted by Gasteiger charge is -2.17. The molecule has 0 aliphatic carbocycles. The van der Waals surface area contributed by atoms with Crippen molar-refractivity contribution in [2.24, 2.45) is 0 Å². The van der Waals surface area contributed by atoms with Gasteiger partial charge in [-0.3, -0.25) is 14.7 Å². The van der Waals surface area contributed by atoms with Crippen molar-refractivity contribution in [1.82, 2.24) is 15.5 Å². The Labute approximate surface area is 209 Å². The van der Waals surface area contributed by atoms with E-state index in [0.29, 0.717) is 5.69 Å². The molecule has 4 aromatic rings. The zero-order chi connectivity index (χ0) is 26.4. The average molecular weight is 509 g/mol. The fourth-order valence-corrected chi connectivity index (χ4v) is 3.51. The lowest BCUT2D eigenvalue weighted by Crippen LogP contribution is -2.46. The van der Waals surface area contributed by atoms with Gasteiger partial charge in [-0.15, -0.1) is 0 Å². The molecular weight excluding hydrogens is 487 g/mol. The fourth-order valence-electron chi connectivity index (χ4n) is 3.51. The second-order valence-electron chi connectivity index (χ2n) is 7.98. The summed E-state index contributed by atoms with van der Waals surface area (Å²) < 4.78 is 39.2. The third-order valence-corrected chi connectivity index (χ3v) is 5.36. The smallest absolute Gasteiger partial charge is 0.394 e. The molecule has 0 aliphatic heterocycles. The lowest BCUT2D eigenvalue weighted by molar-refractivity contribution is -0.137. The number of nitrogens with one attached hydrogen (secondary N) is 4. The molecule has 0 radical (unpaired) electrons. The fraction of sp³-hybridized carbons (Fsp3) is 0.115. The first-order chi connectivity index (χ1) is 17.7. The summed E-state index contributed by atoms with van der Waals surface area (Å²) in [6.45, 7) is -0.698. The minimum Gasteiger partial charge on any atom is -0.394 e. The highest BCUT2D eigenvalue weighted by molar-refractivity contribution is 6.04. The molecule has 11 heteroatoms. The number of H-pyrrole nitrogens is 1. The van der Waals surface area contributed by atoms with Gasteiger partial charge in [-0.25, -0.2) is 0 Å². The maximum absolute atomic E-state index is 13.1. The number of aliphatic hydroxyl groups excluding tert-OH is 1. The van der Waals surface area contributed by atoms with Crippen LogP contribution in [0.15, 0.2) is 84.9 Å². The van der Waals surface area contributed by atoms with Gasteiger partial charge in [0, 0.05) is 11.8 Å². The van der Waals surface area contributed by atoms with Crippen LogP contribution in [0.1, 0.15) is 15.9 Å². The minimum absolute atomic E-state index is 0.0669. The Morgan fingerprint density at radius 1 is 0.946 bits per heavy atom. The van der Waals surface area contributed by atoms with Crippen LogP contribution in [0, 0.1) is 0 Å². The number of hydrogen-bond acceptors (Lipinski definition) is 5. The zero-order valence-corrected chi connectivity index (χ0v) is 19.2. The second kappa shape index (κ2) is 11.0. The van der Waals surface area contributed by atoms with Gasteiger partial charge >= 0.3 is 6.18 Å². The second-order valence-corrected chi connectivity index (χ2v) is 7.98. The Morgan fingerprint density at radius 2 is 1.68 bits per heavy atom. The van der Waals surface area contributed by atoms with Crippen molar-refractivity contribution in [3.05, 3.63) is 96.1 Å². The van der Waals surface area contributed by atoms with Crippen molar-refractivity contribution in [1.29, 1.82) is 0 Å². The summed E-state index contributed by atoms with van der Waals surface area (Å²) in [4.78, 5) is 25.7. The summed E-state index contributed by atoms with van der Waals surface area (Å²) in [5.41, 5.74) is 1.08. The topological polar surface area (TPSA) is 119 Å². The molecule has 1 atom stereocenters. The lowest BCUT2D eigenvalue weighted by atomic mass is 10.1. The van der Waals surface area contributed by atoms with Gasteiger partial charge in [-0.05, 0) is 35.9 Å². The number of aromatic nitrogens is 2. The normalized spacial score (nSPS) is 12.0. The van der Waals surface area contributed by atoms with E-state index < -0.39 is 36.2 Å². The average Bonchev–Trinajstić information content (AvgIpc) is 3.36. The molecule has 0 saturated heterocycles. The number of halogens is 3. The number of aliphatic hydroxyl groups is 1. The molecule has 3 aromatic carbocycles. The van der Waals surface area contributed by atoms with E-state index >= 15 is 0 Å². The van der Waals surface area contributed by atoms with E-state index in [9.17, 15) is 27.9 Å². The Morgan fingerprint density at radius 3 is 2.41 bits per heavy atom. The summed E-state index contributed by atoms with van der Waals surface area (Å²) in [5, 5.41) is 24.4. The van der Waals surface area contributed by atoms with Gasteiger partial charge in [0.05, 0.1) is 29.1 Å². The van der Waals surface area contributed by atoms with Crippen LogP contribution in [-0.4, -0.2) is 39.8 Å². The van der Waals surface area contributed by atoms with Crippen LogP contribution in [0.25, 0.3) is 11.3 Å². The van der Waals surface area contributed by atoms with Crippen molar-refractivity contribution in [3.8, 4) is 11.3 Å². The summed E-state index contributed by atoms with van der Waals surface area (Å²) in [6.07, 6.45) is -4.52. The first-order valence-corrected chi connectivity index (χ1v) is 11.1. The van der Waals surface area contributed by atoms with E-state index in [1.54, 1.807) is 18.2 Å². The number of alkyl halides is 3. The molecule has 1 aromatic heterocycles. The Hall–Kier alpha value is -4.64. The maximum atomic E-state index is 13.1. The first-order valence-electron chi connectivity index (χ1n) is 11.1. The van der Waals surface area contributed by atoms with Crippen LogP contribution >= 0.6 is 0 Å². The van der Waals surface area contributed by atoms with Gasteiger partial charge in [-0.1, -0.05) is 48.5 Å². The highest BCUT2D eigenvalue weighted by Crippen LogP contribution is 2.32. The van der Waals surface area contributed by atoms with E-state index in [1.807, 2.05) is 30.3 Å². The predicted molar refractivity (Wildman–Crippen MR) is 132 cm³/mol. The summed E-state index contributed by atoms with van der Waals surface area (Å²) >= 11 is 0.